The van der Waals surface area contributed by atoms with Crippen molar-refractivity contribution in [3.8, 4) is 0 Å². The lowest BCUT2D eigenvalue weighted by Crippen LogP contribution is -2.48. The van der Waals surface area contributed by atoms with Crippen LogP contribution >= 0.6 is 0 Å². The lowest BCUT2D eigenvalue weighted by atomic mass is 10.1. The smallest absolute Gasteiger partial charge is 0.324 e. The van der Waals surface area contributed by atoms with E-state index in [0.717, 1.165) is 13.1 Å². The summed E-state index contributed by atoms with van der Waals surface area (Å²) < 4.78 is 5.16. The van der Waals surface area contributed by atoms with Crippen molar-refractivity contribution in [2.45, 2.75) is 65.0 Å². The molecule has 0 amide bonds. The number of likely N-dealkylation sites (N-methyl/N-ethyl adjacent to an activating group) is 1. The molecule has 1 N–H and O–H groups in total. The van der Waals surface area contributed by atoms with Gasteiger partial charge in [-0.2, -0.15) is 0 Å². The molecule has 4 heteroatoms. The fraction of sp³-hybridized carbons (Fsp3) is 0.938. The summed E-state index contributed by atoms with van der Waals surface area (Å²) in [6.45, 7) is 8.68. The van der Waals surface area contributed by atoms with Crippen LogP contribution in [0.15, 0.2) is 0 Å². The van der Waals surface area contributed by atoms with Crippen LogP contribution in [0.4, 0.5) is 0 Å². The van der Waals surface area contributed by atoms with E-state index in [2.05, 4.69) is 24.1 Å². The topological polar surface area (TPSA) is 41.6 Å². The minimum Gasteiger partial charge on any atom is -0.465 e. The first-order chi connectivity index (χ1) is 9.58. The summed E-state index contributed by atoms with van der Waals surface area (Å²) in [5.74, 6) is 0.581. The highest BCUT2D eigenvalue weighted by Gasteiger charge is 2.27. The van der Waals surface area contributed by atoms with Crippen molar-refractivity contribution >= 4 is 5.97 Å². The molecule has 1 rings (SSSR count). The number of nitrogens with zero attached hydrogens (tertiary/aromatic N) is 1. The first-order valence-electron chi connectivity index (χ1n) is 8.16. The van der Waals surface area contributed by atoms with Gasteiger partial charge in [-0.25, -0.2) is 0 Å². The van der Waals surface area contributed by atoms with Crippen molar-refractivity contribution < 1.29 is 9.53 Å². The summed E-state index contributed by atoms with van der Waals surface area (Å²) in [6.07, 6.45) is 6.39. The van der Waals surface area contributed by atoms with Gasteiger partial charge in [0.15, 0.2) is 0 Å². The molecule has 1 aliphatic carbocycles. The second kappa shape index (κ2) is 9.35. The van der Waals surface area contributed by atoms with Gasteiger partial charge in [-0.15, -0.1) is 0 Å². The van der Waals surface area contributed by atoms with Crippen LogP contribution in [0.25, 0.3) is 0 Å². The quantitative estimate of drug-likeness (QED) is 0.660. The Bertz CT molecular complexity index is 276. The molecule has 0 aromatic carbocycles. The van der Waals surface area contributed by atoms with E-state index in [1.165, 1.54) is 32.1 Å². The predicted octanol–water partition coefficient (Wildman–Crippen LogP) is 2.43. The summed E-state index contributed by atoms with van der Waals surface area (Å²) >= 11 is 0. The van der Waals surface area contributed by atoms with E-state index in [0.29, 0.717) is 18.6 Å². The molecule has 1 fully saturated rings. The lowest BCUT2D eigenvalue weighted by Gasteiger charge is -2.32. The van der Waals surface area contributed by atoms with Crippen LogP contribution in [0.5, 0.6) is 0 Å². The average Bonchev–Trinajstić information content (AvgIpc) is 2.93. The maximum Gasteiger partial charge on any atom is 0.324 e. The van der Waals surface area contributed by atoms with Crippen LogP contribution in [0.1, 0.15) is 52.9 Å². The van der Waals surface area contributed by atoms with Crippen LogP contribution in [-0.4, -0.2) is 49.7 Å². The Labute approximate surface area is 124 Å². The molecule has 4 nitrogen and oxygen atoms in total. The molecular formula is C16H32N2O2. The fourth-order valence-corrected chi connectivity index (χ4v) is 2.88. The highest BCUT2D eigenvalue weighted by Crippen LogP contribution is 2.24. The highest BCUT2D eigenvalue weighted by atomic mass is 16.5. The third-order valence-electron chi connectivity index (χ3n) is 4.17. The van der Waals surface area contributed by atoms with Crippen molar-refractivity contribution in [3.05, 3.63) is 0 Å². The van der Waals surface area contributed by atoms with E-state index < -0.39 is 0 Å². The standard InChI is InChI=1S/C16H32N2O2/c1-5-20-16(19)15(17-4)12-18(11-10-13(2)3)14-8-6-7-9-14/h13-15,17H,5-12H2,1-4H3. The van der Waals surface area contributed by atoms with Gasteiger partial charge in [0.1, 0.15) is 6.04 Å². The molecule has 1 saturated carbocycles. The average molecular weight is 284 g/mol. The van der Waals surface area contributed by atoms with Gasteiger partial charge in [0.2, 0.25) is 0 Å². The predicted molar refractivity (Wildman–Crippen MR) is 82.8 cm³/mol. The van der Waals surface area contributed by atoms with E-state index in [1.807, 2.05) is 14.0 Å². The molecule has 118 valence electrons. The van der Waals surface area contributed by atoms with E-state index in [9.17, 15) is 4.79 Å². The summed E-state index contributed by atoms with van der Waals surface area (Å²) in [7, 11) is 1.84. The second-order valence-corrected chi connectivity index (χ2v) is 6.21. The van der Waals surface area contributed by atoms with Crippen LogP contribution in [-0.2, 0) is 9.53 Å². The number of rotatable bonds is 9. The van der Waals surface area contributed by atoms with Crippen LogP contribution in [0, 0.1) is 5.92 Å². The maximum atomic E-state index is 12.0. The maximum absolute atomic E-state index is 12.0. The van der Waals surface area contributed by atoms with E-state index in [4.69, 9.17) is 4.74 Å². The van der Waals surface area contributed by atoms with Crippen molar-refractivity contribution in [2.75, 3.05) is 26.7 Å². The van der Waals surface area contributed by atoms with Gasteiger partial charge in [0.25, 0.3) is 0 Å². The molecule has 0 aliphatic heterocycles. The van der Waals surface area contributed by atoms with Gasteiger partial charge in [-0.1, -0.05) is 26.7 Å². The van der Waals surface area contributed by atoms with Crippen molar-refractivity contribution in [3.63, 3.8) is 0 Å². The van der Waals surface area contributed by atoms with Crippen LogP contribution in [0.3, 0.4) is 0 Å². The third kappa shape index (κ3) is 5.80. The van der Waals surface area contributed by atoms with E-state index in [1.54, 1.807) is 0 Å². The third-order valence-corrected chi connectivity index (χ3v) is 4.17. The summed E-state index contributed by atoms with van der Waals surface area (Å²) in [6, 6.07) is 0.446. The summed E-state index contributed by atoms with van der Waals surface area (Å²) in [4.78, 5) is 14.5. The Morgan fingerprint density at radius 3 is 2.50 bits per heavy atom. The van der Waals surface area contributed by atoms with Gasteiger partial charge >= 0.3 is 5.97 Å². The monoisotopic (exact) mass is 284 g/mol. The Balaban J connectivity index is 2.58. The Hall–Kier alpha value is -0.610. The van der Waals surface area contributed by atoms with E-state index in [-0.39, 0.29) is 12.0 Å². The van der Waals surface area contributed by atoms with E-state index >= 15 is 0 Å². The molecule has 0 spiro atoms. The van der Waals surface area contributed by atoms with Gasteiger partial charge in [-0.05, 0) is 45.7 Å². The number of nitrogens with one attached hydrogen (secondary N) is 1. The van der Waals surface area contributed by atoms with Gasteiger partial charge in [-0.3, -0.25) is 9.69 Å². The summed E-state index contributed by atoms with van der Waals surface area (Å²) in [5, 5.41) is 3.11. The molecule has 0 aromatic rings. The largest absolute Gasteiger partial charge is 0.465 e. The van der Waals surface area contributed by atoms with Crippen LogP contribution < -0.4 is 5.32 Å². The number of hydrogen-bond acceptors (Lipinski definition) is 4. The zero-order valence-electron chi connectivity index (χ0n) is 13.7. The SMILES string of the molecule is CCOC(=O)C(CN(CCC(C)C)C1CCCC1)NC. The molecule has 1 aliphatic rings. The second-order valence-electron chi connectivity index (χ2n) is 6.21. The fourth-order valence-electron chi connectivity index (χ4n) is 2.88. The van der Waals surface area contributed by atoms with Crippen LogP contribution in [0.2, 0.25) is 0 Å². The zero-order valence-corrected chi connectivity index (χ0v) is 13.7. The minimum absolute atomic E-state index is 0.123. The molecule has 20 heavy (non-hydrogen) atoms. The molecule has 1 unspecified atom stereocenters. The molecule has 0 aromatic heterocycles. The zero-order chi connectivity index (χ0) is 15.0. The first kappa shape index (κ1) is 17.4. The number of carbonyl (C=O) groups is 1. The number of ether oxygens (including phenoxy) is 1. The Morgan fingerprint density at radius 1 is 1.35 bits per heavy atom. The molecule has 0 radical (unpaired) electrons. The molecular weight excluding hydrogens is 252 g/mol. The Morgan fingerprint density at radius 2 is 2.00 bits per heavy atom. The van der Waals surface area contributed by atoms with Gasteiger partial charge in [0.05, 0.1) is 6.61 Å². The number of carbonyl (C=O) groups excluding carboxylic acids is 1. The van der Waals surface area contributed by atoms with Crippen molar-refractivity contribution in [1.82, 2.24) is 10.2 Å². The normalized spacial score (nSPS) is 17.9. The van der Waals surface area contributed by atoms with Gasteiger partial charge in [0, 0.05) is 12.6 Å². The first-order valence-corrected chi connectivity index (χ1v) is 8.16. The number of esters is 1. The summed E-state index contributed by atoms with van der Waals surface area (Å²) in [5.41, 5.74) is 0. The molecule has 0 heterocycles. The molecule has 0 bridgehead atoms. The number of hydrogen-bond donors (Lipinski definition) is 1. The molecule has 1 atom stereocenters. The highest BCUT2D eigenvalue weighted by molar-refractivity contribution is 5.76. The lowest BCUT2D eigenvalue weighted by molar-refractivity contribution is -0.146. The minimum atomic E-state index is -0.206. The van der Waals surface area contributed by atoms with Crippen molar-refractivity contribution in [2.24, 2.45) is 5.92 Å². The van der Waals surface area contributed by atoms with Crippen molar-refractivity contribution in [1.29, 1.82) is 0 Å². The Kier molecular flexibility index (Phi) is 8.15. The molecule has 0 saturated heterocycles. The van der Waals surface area contributed by atoms with Gasteiger partial charge < -0.3 is 10.1 Å².